The van der Waals surface area contributed by atoms with Gasteiger partial charge in [0, 0.05) is 34.3 Å². The number of ether oxygens (including phenoxy) is 1. The molecular formula is C32H26N4O5S. The molecule has 0 bridgehead atoms. The molecule has 0 amide bonds. The van der Waals surface area contributed by atoms with Crippen molar-refractivity contribution < 1.29 is 14.5 Å². The Morgan fingerprint density at radius 1 is 1.07 bits per heavy atom. The number of para-hydroxylation sites is 2. The van der Waals surface area contributed by atoms with E-state index in [-0.39, 0.29) is 22.8 Å². The second kappa shape index (κ2) is 11.1. The zero-order chi connectivity index (χ0) is 29.4. The first-order chi connectivity index (χ1) is 20.4. The van der Waals surface area contributed by atoms with Gasteiger partial charge in [-0.15, -0.1) is 0 Å². The van der Waals surface area contributed by atoms with Crippen LogP contribution in [-0.2, 0) is 16.1 Å². The van der Waals surface area contributed by atoms with Crippen LogP contribution in [0.5, 0.6) is 0 Å². The van der Waals surface area contributed by atoms with E-state index in [9.17, 15) is 19.7 Å². The maximum absolute atomic E-state index is 14.0. The van der Waals surface area contributed by atoms with Crippen molar-refractivity contribution in [3.63, 3.8) is 0 Å². The van der Waals surface area contributed by atoms with Gasteiger partial charge in [0.15, 0.2) is 4.80 Å². The Morgan fingerprint density at radius 2 is 1.79 bits per heavy atom. The Balaban J connectivity index is 1.51. The lowest BCUT2D eigenvalue weighted by molar-refractivity contribution is -0.385. The molecule has 10 heteroatoms. The van der Waals surface area contributed by atoms with Crippen molar-refractivity contribution >= 4 is 40.0 Å². The van der Waals surface area contributed by atoms with Crippen LogP contribution in [0.25, 0.3) is 17.0 Å². The Bertz CT molecular complexity index is 2070. The maximum Gasteiger partial charge on any atom is 0.338 e. The molecule has 0 unspecified atom stereocenters. The molecule has 3 aromatic carbocycles. The molecule has 5 aromatic rings. The number of rotatable bonds is 7. The molecular weight excluding hydrogens is 552 g/mol. The Kier molecular flexibility index (Phi) is 7.13. The number of esters is 1. The number of nitro benzene ring substituents is 1. The third-order valence-corrected chi connectivity index (χ3v) is 8.25. The first kappa shape index (κ1) is 27.1. The van der Waals surface area contributed by atoms with E-state index in [0.29, 0.717) is 32.7 Å². The van der Waals surface area contributed by atoms with Crippen molar-refractivity contribution in [2.75, 3.05) is 6.61 Å². The summed E-state index contributed by atoms with van der Waals surface area (Å²) in [5, 5.41) is 12.5. The molecule has 1 aliphatic rings. The minimum atomic E-state index is -0.677. The Hall–Kier alpha value is -5.09. The number of carbonyl (C=O) groups is 1. The lowest BCUT2D eigenvalue weighted by Crippen LogP contribution is -2.39. The van der Waals surface area contributed by atoms with Gasteiger partial charge >= 0.3 is 5.97 Å². The molecule has 9 nitrogen and oxygen atoms in total. The highest BCUT2D eigenvalue weighted by atomic mass is 32.1. The van der Waals surface area contributed by atoms with Gasteiger partial charge in [0.2, 0.25) is 0 Å². The molecule has 0 N–H and O–H groups in total. The van der Waals surface area contributed by atoms with Crippen LogP contribution < -0.4 is 14.9 Å². The first-order valence-corrected chi connectivity index (χ1v) is 14.2. The van der Waals surface area contributed by atoms with Crippen molar-refractivity contribution in [1.29, 1.82) is 0 Å². The predicted octanol–water partition coefficient (Wildman–Crippen LogP) is 4.71. The van der Waals surface area contributed by atoms with E-state index >= 15 is 0 Å². The van der Waals surface area contributed by atoms with Gasteiger partial charge in [-0.1, -0.05) is 78.1 Å². The molecule has 0 saturated carbocycles. The quantitative estimate of drug-likeness (QED) is 0.158. The van der Waals surface area contributed by atoms with Gasteiger partial charge in [-0.2, -0.15) is 0 Å². The summed E-state index contributed by atoms with van der Waals surface area (Å²) in [5.41, 5.74) is 3.68. The van der Waals surface area contributed by atoms with E-state index in [2.05, 4.69) is 4.99 Å². The van der Waals surface area contributed by atoms with Gasteiger partial charge < -0.3 is 9.30 Å². The molecule has 6 rings (SSSR count). The second-order valence-corrected chi connectivity index (χ2v) is 10.8. The summed E-state index contributed by atoms with van der Waals surface area (Å²) in [6.45, 7) is 4.00. The zero-order valence-electron chi connectivity index (χ0n) is 22.9. The van der Waals surface area contributed by atoms with Crippen molar-refractivity contribution in [2.24, 2.45) is 4.99 Å². The van der Waals surface area contributed by atoms with Crippen molar-refractivity contribution in [2.45, 2.75) is 26.4 Å². The summed E-state index contributed by atoms with van der Waals surface area (Å²) in [4.78, 5) is 43.5. The highest BCUT2D eigenvalue weighted by molar-refractivity contribution is 7.07. The van der Waals surface area contributed by atoms with Crippen LogP contribution in [0.15, 0.2) is 106 Å². The topological polar surface area (TPSA) is 109 Å². The van der Waals surface area contributed by atoms with Gasteiger partial charge in [0.25, 0.3) is 11.2 Å². The molecule has 0 aliphatic carbocycles. The summed E-state index contributed by atoms with van der Waals surface area (Å²) in [6, 6.07) is 23.1. The monoisotopic (exact) mass is 578 g/mol. The largest absolute Gasteiger partial charge is 0.463 e. The lowest BCUT2D eigenvalue weighted by atomic mass is 9.96. The van der Waals surface area contributed by atoms with Crippen molar-refractivity contribution in [1.82, 2.24) is 9.13 Å². The summed E-state index contributed by atoms with van der Waals surface area (Å²) in [6.07, 6.45) is 3.73. The number of thiazole rings is 1. The van der Waals surface area contributed by atoms with Gasteiger partial charge in [-0.05, 0) is 31.6 Å². The van der Waals surface area contributed by atoms with Crippen LogP contribution in [-0.4, -0.2) is 26.6 Å². The number of fused-ring (bicyclic) bond motifs is 2. The number of carbonyl (C=O) groups excluding carboxylic acids is 1. The lowest BCUT2D eigenvalue weighted by Gasteiger charge is -2.24. The molecule has 0 saturated heterocycles. The highest BCUT2D eigenvalue weighted by Gasteiger charge is 2.33. The number of hydrogen-bond acceptors (Lipinski definition) is 7. The predicted molar refractivity (Wildman–Crippen MR) is 161 cm³/mol. The average Bonchev–Trinajstić information content (AvgIpc) is 3.49. The van der Waals surface area contributed by atoms with Gasteiger partial charge in [-0.25, -0.2) is 9.79 Å². The van der Waals surface area contributed by atoms with Crippen LogP contribution in [0.4, 0.5) is 5.69 Å². The molecule has 0 radical (unpaired) electrons. The second-order valence-electron chi connectivity index (χ2n) is 9.83. The van der Waals surface area contributed by atoms with Gasteiger partial charge in [0.05, 0.1) is 39.9 Å². The van der Waals surface area contributed by atoms with Crippen LogP contribution in [0, 0.1) is 10.1 Å². The molecule has 0 spiro atoms. The van der Waals surface area contributed by atoms with Crippen LogP contribution in [0.3, 0.4) is 0 Å². The SMILES string of the molecule is CCOC(=O)C1=C(C)N=c2s/c(=C/c3cn(Cc4ccccc4[N+](=O)[O-])c4ccccc34)c(=O)n2[C@@H]1c1ccccc1. The van der Waals surface area contributed by atoms with Gasteiger partial charge in [0.1, 0.15) is 0 Å². The first-order valence-electron chi connectivity index (χ1n) is 13.4. The van der Waals surface area contributed by atoms with Crippen LogP contribution >= 0.6 is 11.3 Å². The van der Waals surface area contributed by atoms with E-state index in [1.807, 2.05) is 71.4 Å². The minimum absolute atomic E-state index is 0.0545. The number of hydrogen-bond donors (Lipinski definition) is 0. The normalized spacial score (nSPS) is 15.0. The number of nitro groups is 1. The van der Waals surface area contributed by atoms with E-state index in [0.717, 1.165) is 22.0 Å². The van der Waals surface area contributed by atoms with Gasteiger partial charge in [-0.3, -0.25) is 19.5 Å². The summed E-state index contributed by atoms with van der Waals surface area (Å²) in [5.74, 6) is -0.500. The number of allylic oxidation sites excluding steroid dienone is 1. The van der Waals surface area contributed by atoms with Crippen LogP contribution in [0.1, 0.15) is 36.6 Å². The molecule has 3 heterocycles. The summed E-state index contributed by atoms with van der Waals surface area (Å²) < 4.78 is 9.34. The molecule has 2 aromatic heterocycles. The number of aromatic nitrogens is 2. The zero-order valence-corrected chi connectivity index (χ0v) is 23.7. The smallest absolute Gasteiger partial charge is 0.338 e. The van der Waals surface area contributed by atoms with E-state index in [4.69, 9.17) is 4.74 Å². The number of nitrogens with zero attached hydrogens (tertiary/aromatic N) is 4. The fourth-order valence-electron chi connectivity index (χ4n) is 5.41. The molecule has 1 atom stereocenters. The third-order valence-electron chi connectivity index (χ3n) is 7.27. The molecule has 210 valence electrons. The van der Waals surface area contributed by atoms with E-state index in [1.165, 1.54) is 17.4 Å². The molecule has 42 heavy (non-hydrogen) atoms. The van der Waals surface area contributed by atoms with E-state index < -0.39 is 12.0 Å². The maximum atomic E-state index is 14.0. The standard InChI is InChI=1S/C32H26N4O5S/c1-3-41-31(38)28-20(2)33-32-35(29(28)21-11-5-4-6-12-21)30(37)27(42-32)17-23-19-34(26-16-10-8-14-24(23)26)18-22-13-7-9-15-25(22)36(39)40/h4-17,19,29H,3,18H2,1-2H3/b27-17+/t29-/m1/s1. The van der Waals surface area contributed by atoms with E-state index in [1.54, 1.807) is 36.6 Å². The van der Waals surface area contributed by atoms with Crippen LogP contribution in [0.2, 0.25) is 0 Å². The third kappa shape index (κ3) is 4.75. The number of benzene rings is 3. The average molecular weight is 579 g/mol. The fourth-order valence-corrected chi connectivity index (χ4v) is 6.45. The van der Waals surface area contributed by atoms with Crippen molar-refractivity contribution in [3.05, 3.63) is 143 Å². The minimum Gasteiger partial charge on any atom is -0.463 e. The Morgan fingerprint density at radius 3 is 2.55 bits per heavy atom. The summed E-state index contributed by atoms with van der Waals surface area (Å²) in [7, 11) is 0. The summed E-state index contributed by atoms with van der Waals surface area (Å²) >= 11 is 1.26. The fraction of sp³-hybridized carbons (Fsp3) is 0.156. The molecule has 0 fully saturated rings. The molecule has 1 aliphatic heterocycles. The Labute approximate surface area is 244 Å². The van der Waals surface area contributed by atoms with Crippen molar-refractivity contribution in [3.8, 4) is 0 Å². The highest BCUT2D eigenvalue weighted by Crippen LogP contribution is 2.31.